The quantitative estimate of drug-likeness (QED) is 0.575. The van der Waals surface area contributed by atoms with E-state index in [0.29, 0.717) is 41.7 Å². The highest BCUT2D eigenvalue weighted by molar-refractivity contribution is 5.97. The second-order valence-corrected chi connectivity index (χ2v) is 6.51. The van der Waals surface area contributed by atoms with Crippen molar-refractivity contribution in [2.75, 3.05) is 21.3 Å². The van der Waals surface area contributed by atoms with Gasteiger partial charge in [-0.05, 0) is 35.4 Å². The normalized spacial score (nSPS) is 10.2. The Morgan fingerprint density at radius 3 is 2.23 bits per heavy atom. The minimum Gasteiger partial charge on any atom is -0.497 e. The van der Waals surface area contributed by atoms with E-state index in [1.165, 1.54) is 7.11 Å². The molecule has 0 unspecified atom stereocenters. The van der Waals surface area contributed by atoms with Gasteiger partial charge < -0.3 is 24.3 Å². The molecule has 0 heterocycles. The lowest BCUT2D eigenvalue weighted by Gasteiger charge is -2.13. The standard InChI is InChI=1S/C24H25NO5/c1-27-19-10-11-20(22(14-19)28-2)24(26)25-15-18-9-12-21(23(13-18)29-3)30-16-17-7-5-4-6-8-17/h4-14H,15-16H2,1-3H3,(H,25,26). The lowest BCUT2D eigenvalue weighted by atomic mass is 10.1. The summed E-state index contributed by atoms with van der Waals surface area (Å²) in [5.41, 5.74) is 2.40. The zero-order valence-corrected chi connectivity index (χ0v) is 17.3. The molecule has 6 heteroatoms. The summed E-state index contributed by atoms with van der Waals surface area (Å²) in [6, 6.07) is 20.6. The Hall–Kier alpha value is -3.67. The summed E-state index contributed by atoms with van der Waals surface area (Å²) < 4.78 is 21.8. The SMILES string of the molecule is COc1ccc(C(=O)NCc2ccc(OCc3ccccc3)c(OC)c2)c(OC)c1. The molecule has 0 aliphatic rings. The number of carbonyl (C=O) groups excluding carboxylic acids is 1. The summed E-state index contributed by atoms with van der Waals surface area (Å²) in [6.07, 6.45) is 0. The topological polar surface area (TPSA) is 66.0 Å². The Labute approximate surface area is 176 Å². The first kappa shape index (κ1) is 21.0. The molecule has 3 aromatic carbocycles. The first-order chi connectivity index (χ1) is 14.6. The van der Waals surface area contributed by atoms with Gasteiger partial charge in [-0.15, -0.1) is 0 Å². The van der Waals surface area contributed by atoms with Crippen LogP contribution in [0.5, 0.6) is 23.0 Å². The third-order valence-electron chi connectivity index (χ3n) is 4.57. The van der Waals surface area contributed by atoms with E-state index in [4.69, 9.17) is 18.9 Å². The van der Waals surface area contributed by atoms with Crippen LogP contribution in [0, 0.1) is 0 Å². The van der Waals surface area contributed by atoms with Gasteiger partial charge in [0.1, 0.15) is 18.1 Å². The van der Waals surface area contributed by atoms with Crippen molar-refractivity contribution >= 4 is 5.91 Å². The van der Waals surface area contributed by atoms with Gasteiger partial charge in [-0.1, -0.05) is 36.4 Å². The average molecular weight is 407 g/mol. The molecule has 156 valence electrons. The van der Waals surface area contributed by atoms with Gasteiger partial charge in [-0.25, -0.2) is 0 Å². The number of methoxy groups -OCH3 is 3. The van der Waals surface area contributed by atoms with Crippen LogP contribution in [0.1, 0.15) is 21.5 Å². The molecule has 30 heavy (non-hydrogen) atoms. The van der Waals surface area contributed by atoms with Gasteiger partial charge >= 0.3 is 0 Å². The molecule has 0 saturated heterocycles. The van der Waals surface area contributed by atoms with Gasteiger partial charge in [-0.2, -0.15) is 0 Å². The van der Waals surface area contributed by atoms with Crippen molar-refractivity contribution in [3.63, 3.8) is 0 Å². The molecule has 1 N–H and O–H groups in total. The molecule has 0 aliphatic heterocycles. The molecular weight excluding hydrogens is 382 g/mol. The average Bonchev–Trinajstić information content (AvgIpc) is 2.81. The molecule has 3 rings (SSSR count). The first-order valence-electron chi connectivity index (χ1n) is 9.48. The maximum atomic E-state index is 12.6. The third kappa shape index (κ3) is 5.23. The summed E-state index contributed by atoms with van der Waals surface area (Å²) in [6.45, 7) is 0.786. The number of benzene rings is 3. The van der Waals surface area contributed by atoms with Gasteiger partial charge in [0, 0.05) is 12.6 Å². The molecule has 0 fully saturated rings. The zero-order chi connectivity index (χ0) is 21.3. The van der Waals surface area contributed by atoms with E-state index < -0.39 is 0 Å². The minimum atomic E-state index is -0.238. The fourth-order valence-corrected chi connectivity index (χ4v) is 2.94. The van der Waals surface area contributed by atoms with Crippen molar-refractivity contribution in [3.05, 3.63) is 83.4 Å². The molecule has 0 aliphatic carbocycles. The molecule has 0 atom stereocenters. The van der Waals surface area contributed by atoms with Crippen LogP contribution < -0.4 is 24.3 Å². The largest absolute Gasteiger partial charge is 0.497 e. The molecule has 3 aromatic rings. The van der Waals surface area contributed by atoms with Crippen molar-refractivity contribution in [1.29, 1.82) is 0 Å². The number of carbonyl (C=O) groups is 1. The smallest absolute Gasteiger partial charge is 0.255 e. The van der Waals surface area contributed by atoms with Crippen molar-refractivity contribution in [2.24, 2.45) is 0 Å². The van der Waals surface area contributed by atoms with Crippen molar-refractivity contribution in [3.8, 4) is 23.0 Å². The van der Waals surface area contributed by atoms with Crippen molar-refractivity contribution in [1.82, 2.24) is 5.32 Å². The zero-order valence-electron chi connectivity index (χ0n) is 17.3. The number of ether oxygens (including phenoxy) is 4. The van der Waals surface area contributed by atoms with Crippen LogP contribution in [0.25, 0.3) is 0 Å². The van der Waals surface area contributed by atoms with E-state index in [2.05, 4.69) is 5.32 Å². The molecule has 0 bridgehead atoms. The van der Waals surface area contributed by atoms with Crippen molar-refractivity contribution < 1.29 is 23.7 Å². The molecule has 0 aromatic heterocycles. The van der Waals surface area contributed by atoms with Crippen LogP contribution in [0.3, 0.4) is 0 Å². The van der Waals surface area contributed by atoms with Crippen LogP contribution in [0.4, 0.5) is 0 Å². The van der Waals surface area contributed by atoms with Crippen LogP contribution in [0.15, 0.2) is 66.7 Å². The maximum absolute atomic E-state index is 12.6. The summed E-state index contributed by atoms with van der Waals surface area (Å²) >= 11 is 0. The summed E-state index contributed by atoms with van der Waals surface area (Å²) in [4.78, 5) is 12.6. The number of amides is 1. The highest BCUT2D eigenvalue weighted by Crippen LogP contribution is 2.29. The van der Waals surface area contributed by atoms with Crippen LogP contribution in [-0.2, 0) is 13.2 Å². The van der Waals surface area contributed by atoms with Crippen LogP contribution in [0.2, 0.25) is 0 Å². The van der Waals surface area contributed by atoms with E-state index >= 15 is 0 Å². The molecule has 0 radical (unpaired) electrons. The van der Waals surface area contributed by atoms with Gasteiger partial charge in [0.15, 0.2) is 11.5 Å². The van der Waals surface area contributed by atoms with Gasteiger partial charge in [0.2, 0.25) is 0 Å². The van der Waals surface area contributed by atoms with Gasteiger partial charge in [0.05, 0.1) is 26.9 Å². The number of nitrogens with one attached hydrogen (secondary N) is 1. The van der Waals surface area contributed by atoms with E-state index in [1.807, 2.05) is 48.5 Å². The van der Waals surface area contributed by atoms with E-state index in [0.717, 1.165) is 11.1 Å². The van der Waals surface area contributed by atoms with Crippen molar-refractivity contribution in [2.45, 2.75) is 13.2 Å². The second kappa shape index (κ2) is 10.2. The summed E-state index contributed by atoms with van der Waals surface area (Å²) in [7, 11) is 4.68. The lowest BCUT2D eigenvalue weighted by Crippen LogP contribution is -2.23. The lowest BCUT2D eigenvalue weighted by molar-refractivity contribution is 0.0948. The van der Waals surface area contributed by atoms with Crippen LogP contribution >= 0.6 is 0 Å². The van der Waals surface area contributed by atoms with Gasteiger partial charge in [0.25, 0.3) is 5.91 Å². The molecular formula is C24H25NO5. The first-order valence-corrected chi connectivity index (χ1v) is 9.48. The van der Waals surface area contributed by atoms with Gasteiger partial charge in [-0.3, -0.25) is 4.79 Å². The highest BCUT2D eigenvalue weighted by atomic mass is 16.5. The number of hydrogen-bond donors (Lipinski definition) is 1. The fraction of sp³-hybridized carbons (Fsp3) is 0.208. The molecule has 6 nitrogen and oxygen atoms in total. The van der Waals surface area contributed by atoms with Crippen LogP contribution in [-0.4, -0.2) is 27.2 Å². The monoisotopic (exact) mass is 407 g/mol. The summed E-state index contributed by atoms with van der Waals surface area (Å²) in [5.74, 6) is 2.10. The predicted octanol–water partition coefficient (Wildman–Crippen LogP) is 4.22. The Balaban J connectivity index is 1.65. The molecule has 1 amide bonds. The number of hydrogen-bond acceptors (Lipinski definition) is 5. The highest BCUT2D eigenvalue weighted by Gasteiger charge is 2.14. The number of rotatable bonds is 9. The fourth-order valence-electron chi connectivity index (χ4n) is 2.94. The Kier molecular flexibility index (Phi) is 7.16. The Bertz CT molecular complexity index is 988. The predicted molar refractivity (Wildman–Crippen MR) is 114 cm³/mol. The molecule has 0 spiro atoms. The van der Waals surface area contributed by atoms with E-state index in [-0.39, 0.29) is 5.91 Å². The molecule has 0 saturated carbocycles. The second-order valence-electron chi connectivity index (χ2n) is 6.51. The Morgan fingerprint density at radius 2 is 1.53 bits per heavy atom. The Morgan fingerprint density at radius 1 is 0.767 bits per heavy atom. The maximum Gasteiger partial charge on any atom is 0.255 e. The van der Waals surface area contributed by atoms with E-state index in [1.54, 1.807) is 32.4 Å². The van der Waals surface area contributed by atoms with E-state index in [9.17, 15) is 4.79 Å². The third-order valence-corrected chi connectivity index (χ3v) is 4.57. The minimum absolute atomic E-state index is 0.238. The summed E-state index contributed by atoms with van der Waals surface area (Å²) in [5, 5.41) is 2.90.